The number of hydrogen-bond acceptors (Lipinski definition) is 2. The predicted octanol–water partition coefficient (Wildman–Crippen LogP) is 3.22. The predicted molar refractivity (Wildman–Crippen MR) is 78.7 cm³/mol. The topological polar surface area (TPSA) is 21.3 Å². The minimum absolute atomic E-state index is 0.275. The molecule has 0 bridgehead atoms. The van der Waals surface area contributed by atoms with Crippen molar-refractivity contribution in [2.24, 2.45) is 0 Å². The Kier molecular flexibility index (Phi) is 3.64. The van der Waals surface area contributed by atoms with Crippen LogP contribution in [0.15, 0.2) is 24.3 Å². The third-order valence-corrected chi connectivity index (χ3v) is 4.75. The Bertz CT molecular complexity index is 413. The summed E-state index contributed by atoms with van der Waals surface area (Å²) >= 11 is 0. The fraction of sp³-hybridized carbons (Fsp3) is 0.647. The third-order valence-electron chi connectivity index (χ3n) is 4.75. The van der Waals surface area contributed by atoms with E-state index in [4.69, 9.17) is 4.74 Å². The van der Waals surface area contributed by atoms with Gasteiger partial charge in [0.25, 0.3) is 0 Å². The van der Waals surface area contributed by atoms with Crippen LogP contribution in [0.2, 0.25) is 0 Å². The van der Waals surface area contributed by atoms with E-state index >= 15 is 0 Å². The summed E-state index contributed by atoms with van der Waals surface area (Å²) in [4.78, 5) is 0. The van der Waals surface area contributed by atoms with Crippen LogP contribution in [0.4, 0.5) is 0 Å². The van der Waals surface area contributed by atoms with Gasteiger partial charge in [0, 0.05) is 11.5 Å². The van der Waals surface area contributed by atoms with Gasteiger partial charge >= 0.3 is 0 Å². The lowest BCUT2D eigenvalue weighted by molar-refractivity contribution is -0.0679. The molecule has 1 N–H and O–H groups in total. The summed E-state index contributed by atoms with van der Waals surface area (Å²) in [5.74, 6) is 0.610. The summed E-state index contributed by atoms with van der Waals surface area (Å²) in [5.41, 5.74) is 3.17. The number of nitrogens with one attached hydrogen (secondary N) is 1. The van der Waals surface area contributed by atoms with Gasteiger partial charge in [-0.2, -0.15) is 0 Å². The quantitative estimate of drug-likeness (QED) is 0.896. The monoisotopic (exact) mass is 259 g/mol. The van der Waals surface area contributed by atoms with Crippen LogP contribution in [0.5, 0.6) is 0 Å². The van der Waals surface area contributed by atoms with Gasteiger partial charge < -0.3 is 10.1 Å². The van der Waals surface area contributed by atoms with Crippen molar-refractivity contribution in [3.8, 4) is 0 Å². The fourth-order valence-electron chi connectivity index (χ4n) is 3.38. The van der Waals surface area contributed by atoms with E-state index in [0.717, 1.165) is 13.2 Å². The Morgan fingerprint density at radius 1 is 1.26 bits per heavy atom. The summed E-state index contributed by atoms with van der Waals surface area (Å²) in [6, 6.07) is 9.93. The van der Waals surface area contributed by atoms with Gasteiger partial charge in [0.05, 0.1) is 13.2 Å². The SMILES string of the molecule is CC(C)c1ccc(C2(CC3CCCN3)COC2)cc1. The van der Waals surface area contributed by atoms with Crippen LogP contribution in [0, 0.1) is 0 Å². The van der Waals surface area contributed by atoms with Crippen LogP contribution in [-0.2, 0) is 10.2 Å². The largest absolute Gasteiger partial charge is 0.379 e. The first-order valence-electron chi connectivity index (χ1n) is 7.61. The maximum absolute atomic E-state index is 5.55. The molecule has 3 rings (SSSR count). The molecule has 2 saturated heterocycles. The van der Waals surface area contributed by atoms with Gasteiger partial charge in [0.15, 0.2) is 0 Å². The Hall–Kier alpha value is -0.860. The first-order valence-corrected chi connectivity index (χ1v) is 7.61. The molecule has 2 aliphatic rings. The smallest absolute Gasteiger partial charge is 0.0586 e. The van der Waals surface area contributed by atoms with Crippen molar-refractivity contribution in [3.05, 3.63) is 35.4 Å². The Balaban J connectivity index is 1.76. The second-order valence-corrected chi connectivity index (χ2v) is 6.55. The van der Waals surface area contributed by atoms with E-state index in [9.17, 15) is 0 Å². The highest BCUT2D eigenvalue weighted by molar-refractivity contribution is 5.32. The normalized spacial score (nSPS) is 25.5. The number of ether oxygens (including phenoxy) is 1. The summed E-state index contributed by atoms with van der Waals surface area (Å²) in [7, 11) is 0. The van der Waals surface area contributed by atoms with Gasteiger partial charge in [-0.3, -0.25) is 0 Å². The number of benzene rings is 1. The zero-order valence-corrected chi connectivity index (χ0v) is 12.1. The van der Waals surface area contributed by atoms with Gasteiger partial charge in [-0.15, -0.1) is 0 Å². The van der Waals surface area contributed by atoms with Crippen LogP contribution < -0.4 is 5.32 Å². The molecule has 1 unspecified atom stereocenters. The minimum atomic E-state index is 0.275. The van der Waals surface area contributed by atoms with Gasteiger partial charge in [-0.25, -0.2) is 0 Å². The van der Waals surface area contributed by atoms with E-state index < -0.39 is 0 Å². The maximum atomic E-state index is 5.55. The molecule has 19 heavy (non-hydrogen) atoms. The van der Waals surface area contributed by atoms with E-state index in [2.05, 4.69) is 43.4 Å². The lowest BCUT2D eigenvalue weighted by atomic mass is 9.73. The molecule has 2 heterocycles. The molecule has 0 saturated carbocycles. The maximum Gasteiger partial charge on any atom is 0.0586 e. The minimum Gasteiger partial charge on any atom is -0.379 e. The fourth-order valence-corrected chi connectivity index (χ4v) is 3.38. The second kappa shape index (κ2) is 5.26. The Labute approximate surface area is 116 Å². The zero-order valence-electron chi connectivity index (χ0n) is 12.1. The average molecular weight is 259 g/mol. The van der Waals surface area contributed by atoms with Crippen molar-refractivity contribution in [2.45, 2.75) is 50.5 Å². The first-order chi connectivity index (χ1) is 9.20. The Morgan fingerprint density at radius 3 is 2.47 bits per heavy atom. The number of rotatable bonds is 4. The van der Waals surface area contributed by atoms with E-state index in [1.165, 1.54) is 36.9 Å². The highest BCUT2D eigenvalue weighted by Gasteiger charge is 2.42. The van der Waals surface area contributed by atoms with E-state index in [-0.39, 0.29) is 5.41 Å². The molecule has 1 atom stereocenters. The first kappa shape index (κ1) is 13.1. The highest BCUT2D eigenvalue weighted by atomic mass is 16.5. The van der Waals surface area contributed by atoms with Crippen molar-refractivity contribution in [3.63, 3.8) is 0 Å². The molecule has 2 aliphatic heterocycles. The molecule has 1 aromatic carbocycles. The molecule has 0 amide bonds. The molecule has 0 radical (unpaired) electrons. The molecule has 0 aromatic heterocycles. The molecular formula is C17H25NO. The standard InChI is InChI=1S/C17H25NO/c1-13(2)14-5-7-15(8-6-14)17(11-19-12-17)10-16-4-3-9-18-16/h5-8,13,16,18H,3-4,9-12H2,1-2H3. The summed E-state index contributed by atoms with van der Waals surface area (Å²) in [5, 5.41) is 3.62. The van der Waals surface area contributed by atoms with Crippen LogP contribution in [0.25, 0.3) is 0 Å². The van der Waals surface area contributed by atoms with Crippen LogP contribution in [-0.4, -0.2) is 25.8 Å². The highest BCUT2D eigenvalue weighted by Crippen LogP contribution is 2.38. The van der Waals surface area contributed by atoms with Gasteiger partial charge in [-0.1, -0.05) is 38.1 Å². The van der Waals surface area contributed by atoms with Crippen LogP contribution >= 0.6 is 0 Å². The summed E-state index contributed by atoms with van der Waals surface area (Å²) in [6.07, 6.45) is 3.88. The van der Waals surface area contributed by atoms with Gasteiger partial charge in [-0.05, 0) is 42.9 Å². The summed E-state index contributed by atoms with van der Waals surface area (Å²) < 4.78 is 5.55. The van der Waals surface area contributed by atoms with Gasteiger partial charge in [0.2, 0.25) is 0 Å². The molecule has 2 heteroatoms. The third kappa shape index (κ3) is 2.56. The molecule has 0 spiro atoms. The molecule has 2 nitrogen and oxygen atoms in total. The second-order valence-electron chi connectivity index (χ2n) is 6.55. The van der Waals surface area contributed by atoms with Crippen molar-refractivity contribution in [1.82, 2.24) is 5.32 Å². The number of hydrogen-bond donors (Lipinski definition) is 1. The molecule has 1 aromatic rings. The van der Waals surface area contributed by atoms with E-state index in [0.29, 0.717) is 12.0 Å². The van der Waals surface area contributed by atoms with Crippen molar-refractivity contribution >= 4 is 0 Å². The lowest BCUT2D eigenvalue weighted by Crippen LogP contribution is -2.50. The molecular weight excluding hydrogens is 234 g/mol. The molecule has 0 aliphatic carbocycles. The average Bonchev–Trinajstić information content (AvgIpc) is 2.87. The van der Waals surface area contributed by atoms with E-state index in [1.54, 1.807) is 0 Å². The molecule has 2 fully saturated rings. The van der Waals surface area contributed by atoms with Crippen molar-refractivity contribution < 1.29 is 4.74 Å². The zero-order chi connectivity index (χ0) is 13.3. The van der Waals surface area contributed by atoms with Crippen LogP contribution in [0.1, 0.15) is 50.2 Å². The lowest BCUT2D eigenvalue weighted by Gasteiger charge is -2.43. The Morgan fingerprint density at radius 2 is 2.00 bits per heavy atom. The van der Waals surface area contributed by atoms with Crippen molar-refractivity contribution in [2.75, 3.05) is 19.8 Å². The van der Waals surface area contributed by atoms with Crippen molar-refractivity contribution in [1.29, 1.82) is 0 Å². The van der Waals surface area contributed by atoms with Gasteiger partial charge in [0.1, 0.15) is 0 Å². The summed E-state index contributed by atoms with van der Waals surface area (Å²) in [6.45, 7) is 7.48. The molecule has 104 valence electrons. The van der Waals surface area contributed by atoms with Crippen LogP contribution in [0.3, 0.4) is 0 Å². The van der Waals surface area contributed by atoms with E-state index in [1.807, 2.05) is 0 Å².